The molecule has 6 nitrogen and oxygen atoms in total. The second-order valence-corrected chi connectivity index (χ2v) is 20.2. The number of hydrogen-bond acceptors (Lipinski definition) is 6. The topological polar surface area (TPSA) is 78.9 Å². The molecule has 69 heavy (non-hydrogen) atoms. The van der Waals surface area contributed by atoms with Crippen molar-refractivity contribution in [2.75, 3.05) is 13.2 Å². The zero-order valence-electron chi connectivity index (χ0n) is 46.1. The minimum Gasteiger partial charge on any atom is -0.462 e. The van der Waals surface area contributed by atoms with Crippen molar-refractivity contribution in [2.45, 2.75) is 322 Å². The van der Waals surface area contributed by atoms with Crippen LogP contribution < -0.4 is 0 Å². The highest BCUT2D eigenvalue weighted by Crippen LogP contribution is 2.17. The standard InChI is InChI=1S/C63H114O6/c1-4-7-10-13-16-19-21-23-25-27-28-29-30-31-32-33-34-35-36-37-39-40-42-44-47-50-53-56-62(65)68-59-60(58-67-61(64)55-52-49-46-18-15-12-9-6-3)69-63(66)57-54-51-48-45-43-41-38-26-24-22-20-17-14-11-8-5-2/h7,10,16,19,23,25,28-29,60H,4-6,8-9,11-15,17-18,20-22,24,26-27,30-59H2,1-3H3/b10-7-,19-16-,25-23-,29-28-. The van der Waals surface area contributed by atoms with E-state index in [-0.39, 0.29) is 31.1 Å². The van der Waals surface area contributed by atoms with Gasteiger partial charge in [-0.25, -0.2) is 0 Å². The van der Waals surface area contributed by atoms with Crippen LogP contribution in [0.25, 0.3) is 0 Å². The van der Waals surface area contributed by atoms with Crippen molar-refractivity contribution in [2.24, 2.45) is 0 Å². The number of carbonyl (C=O) groups excluding carboxylic acids is 3. The molecule has 0 amide bonds. The van der Waals surface area contributed by atoms with Gasteiger partial charge in [-0.05, 0) is 57.8 Å². The Morgan fingerprint density at radius 2 is 0.565 bits per heavy atom. The van der Waals surface area contributed by atoms with Crippen molar-refractivity contribution in [3.8, 4) is 0 Å². The van der Waals surface area contributed by atoms with Crippen molar-refractivity contribution in [1.82, 2.24) is 0 Å². The summed E-state index contributed by atoms with van der Waals surface area (Å²) in [5, 5.41) is 0. The van der Waals surface area contributed by atoms with Crippen LogP contribution in [0.2, 0.25) is 0 Å². The number of ether oxygens (including phenoxy) is 3. The van der Waals surface area contributed by atoms with Crippen molar-refractivity contribution in [3.63, 3.8) is 0 Å². The van der Waals surface area contributed by atoms with Crippen LogP contribution >= 0.6 is 0 Å². The fourth-order valence-electron chi connectivity index (χ4n) is 8.85. The third-order valence-electron chi connectivity index (χ3n) is 13.3. The summed E-state index contributed by atoms with van der Waals surface area (Å²) in [6.45, 7) is 6.54. The number of carbonyl (C=O) groups is 3. The molecule has 0 fully saturated rings. The van der Waals surface area contributed by atoms with Crippen molar-refractivity contribution < 1.29 is 28.6 Å². The fraction of sp³-hybridized carbons (Fsp3) is 0.825. The monoisotopic (exact) mass is 967 g/mol. The number of hydrogen-bond donors (Lipinski definition) is 0. The second kappa shape index (κ2) is 57.9. The zero-order chi connectivity index (χ0) is 50.0. The molecule has 1 unspecified atom stereocenters. The summed E-state index contributed by atoms with van der Waals surface area (Å²) in [7, 11) is 0. The van der Waals surface area contributed by atoms with Gasteiger partial charge in [-0.1, -0.05) is 288 Å². The molecule has 0 saturated carbocycles. The molecule has 0 radical (unpaired) electrons. The van der Waals surface area contributed by atoms with Crippen molar-refractivity contribution >= 4 is 17.9 Å². The first kappa shape index (κ1) is 66.4. The Kier molecular flexibility index (Phi) is 55.7. The SMILES string of the molecule is CC/C=C\C/C=C\C/C=C\C/C=C\CCCCCCCCCCCCCCCCC(=O)OCC(COC(=O)CCCCCCCCCC)OC(=O)CCCCCCCCCCCCCCCCCC. The molecule has 1 atom stereocenters. The van der Waals surface area contributed by atoms with Gasteiger partial charge in [0.15, 0.2) is 6.10 Å². The molecule has 0 aliphatic rings. The highest BCUT2D eigenvalue weighted by atomic mass is 16.6. The molecule has 0 aliphatic carbocycles. The Hall–Kier alpha value is -2.63. The van der Waals surface area contributed by atoms with E-state index in [2.05, 4.69) is 69.4 Å². The molecule has 0 heterocycles. The lowest BCUT2D eigenvalue weighted by atomic mass is 10.0. The van der Waals surface area contributed by atoms with Crippen LogP contribution in [-0.2, 0) is 28.6 Å². The Labute approximate surface area is 428 Å². The predicted octanol–water partition coefficient (Wildman–Crippen LogP) is 20.2. The molecule has 0 N–H and O–H groups in total. The maximum Gasteiger partial charge on any atom is 0.306 e. The smallest absolute Gasteiger partial charge is 0.306 e. The molecule has 0 spiro atoms. The van der Waals surface area contributed by atoms with E-state index in [1.165, 1.54) is 193 Å². The average Bonchev–Trinajstić information content (AvgIpc) is 3.35. The van der Waals surface area contributed by atoms with Gasteiger partial charge < -0.3 is 14.2 Å². The van der Waals surface area contributed by atoms with Gasteiger partial charge in [0, 0.05) is 19.3 Å². The highest BCUT2D eigenvalue weighted by molar-refractivity contribution is 5.71. The summed E-state index contributed by atoms with van der Waals surface area (Å²) in [5.74, 6) is -0.855. The molecule has 0 aromatic carbocycles. The van der Waals surface area contributed by atoms with Crippen molar-refractivity contribution in [1.29, 1.82) is 0 Å². The molecule has 0 rings (SSSR count). The molecule has 6 heteroatoms. The number of unbranched alkanes of at least 4 members (excludes halogenated alkanes) is 36. The summed E-state index contributed by atoms with van der Waals surface area (Å²) in [5.41, 5.74) is 0. The highest BCUT2D eigenvalue weighted by Gasteiger charge is 2.19. The van der Waals surface area contributed by atoms with Gasteiger partial charge in [-0.3, -0.25) is 14.4 Å². The van der Waals surface area contributed by atoms with Gasteiger partial charge in [0.05, 0.1) is 0 Å². The normalized spacial score (nSPS) is 12.3. The molecule has 0 bridgehead atoms. The Bertz CT molecular complexity index is 1200. The molecule has 0 aromatic heterocycles. The molecule has 0 aliphatic heterocycles. The summed E-state index contributed by atoms with van der Waals surface area (Å²) < 4.78 is 16.8. The predicted molar refractivity (Wildman–Crippen MR) is 298 cm³/mol. The largest absolute Gasteiger partial charge is 0.462 e. The number of rotatable bonds is 55. The van der Waals surface area contributed by atoms with Gasteiger partial charge in [0.2, 0.25) is 0 Å². The van der Waals surface area contributed by atoms with E-state index >= 15 is 0 Å². The summed E-state index contributed by atoms with van der Waals surface area (Å²) in [6.07, 6.45) is 71.3. The van der Waals surface area contributed by atoms with E-state index in [0.717, 1.165) is 83.5 Å². The summed E-state index contributed by atoms with van der Waals surface area (Å²) in [6, 6.07) is 0. The van der Waals surface area contributed by atoms with E-state index in [1.807, 2.05) is 0 Å². The molecule has 0 aromatic rings. The van der Waals surface area contributed by atoms with E-state index in [9.17, 15) is 14.4 Å². The number of esters is 3. The van der Waals surface area contributed by atoms with Gasteiger partial charge in [-0.15, -0.1) is 0 Å². The van der Waals surface area contributed by atoms with Crippen LogP contribution in [0.4, 0.5) is 0 Å². The Balaban J connectivity index is 4.11. The van der Waals surface area contributed by atoms with Crippen LogP contribution in [0.15, 0.2) is 48.6 Å². The maximum absolute atomic E-state index is 12.8. The Morgan fingerprint density at radius 3 is 0.884 bits per heavy atom. The minimum absolute atomic E-state index is 0.0679. The Morgan fingerprint density at radius 1 is 0.304 bits per heavy atom. The van der Waals surface area contributed by atoms with Gasteiger partial charge in [0.1, 0.15) is 13.2 Å². The third-order valence-corrected chi connectivity index (χ3v) is 13.3. The van der Waals surface area contributed by atoms with Gasteiger partial charge in [-0.2, -0.15) is 0 Å². The first-order chi connectivity index (χ1) is 34.0. The van der Waals surface area contributed by atoms with Crippen LogP contribution in [-0.4, -0.2) is 37.2 Å². The van der Waals surface area contributed by atoms with Crippen LogP contribution in [0, 0.1) is 0 Å². The molecule has 402 valence electrons. The van der Waals surface area contributed by atoms with E-state index in [1.54, 1.807) is 0 Å². The lowest BCUT2D eigenvalue weighted by molar-refractivity contribution is -0.167. The zero-order valence-corrected chi connectivity index (χ0v) is 46.1. The summed E-state index contributed by atoms with van der Waals surface area (Å²) in [4.78, 5) is 38.0. The first-order valence-electron chi connectivity index (χ1n) is 30.1. The average molecular weight is 968 g/mol. The van der Waals surface area contributed by atoms with Crippen LogP contribution in [0.1, 0.15) is 316 Å². The summed E-state index contributed by atoms with van der Waals surface area (Å²) >= 11 is 0. The van der Waals surface area contributed by atoms with Crippen molar-refractivity contribution in [3.05, 3.63) is 48.6 Å². The maximum atomic E-state index is 12.8. The van der Waals surface area contributed by atoms with E-state index < -0.39 is 6.10 Å². The second-order valence-electron chi connectivity index (χ2n) is 20.2. The lowest BCUT2D eigenvalue weighted by Crippen LogP contribution is -2.30. The minimum atomic E-state index is -0.767. The van der Waals surface area contributed by atoms with E-state index in [0.29, 0.717) is 19.3 Å². The van der Waals surface area contributed by atoms with Crippen LogP contribution in [0.5, 0.6) is 0 Å². The first-order valence-corrected chi connectivity index (χ1v) is 30.1. The fourth-order valence-corrected chi connectivity index (χ4v) is 8.85. The van der Waals surface area contributed by atoms with Crippen LogP contribution in [0.3, 0.4) is 0 Å². The molecule has 0 saturated heterocycles. The third kappa shape index (κ3) is 56.2. The molecular weight excluding hydrogens is 853 g/mol. The molecular formula is C63H114O6. The van der Waals surface area contributed by atoms with Gasteiger partial charge >= 0.3 is 17.9 Å². The number of allylic oxidation sites excluding steroid dienone is 8. The lowest BCUT2D eigenvalue weighted by Gasteiger charge is -2.18. The quantitative estimate of drug-likeness (QED) is 0.0262. The van der Waals surface area contributed by atoms with E-state index in [4.69, 9.17) is 14.2 Å². The van der Waals surface area contributed by atoms with Gasteiger partial charge in [0.25, 0.3) is 0 Å².